The van der Waals surface area contributed by atoms with Gasteiger partial charge in [0.25, 0.3) is 0 Å². The Labute approximate surface area is 141 Å². The monoisotopic (exact) mass is 339 g/mol. The van der Waals surface area contributed by atoms with Gasteiger partial charge in [0.2, 0.25) is 0 Å². The summed E-state index contributed by atoms with van der Waals surface area (Å²) in [4.78, 5) is 29.7. The summed E-state index contributed by atoms with van der Waals surface area (Å²) in [5.41, 5.74) is -0.215. The van der Waals surface area contributed by atoms with Crippen LogP contribution in [0.3, 0.4) is 0 Å². The number of aromatic nitrogens is 2. The highest BCUT2D eigenvalue weighted by Crippen LogP contribution is 2.24. The molecule has 0 aliphatic carbocycles. The van der Waals surface area contributed by atoms with Crippen LogP contribution in [0.25, 0.3) is 0 Å². The molecule has 1 atom stereocenters. The van der Waals surface area contributed by atoms with Crippen LogP contribution in [-0.4, -0.2) is 50.8 Å². The molecule has 6 nitrogen and oxygen atoms in total. The van der Waals surface area contributed by atoms with Gasteiger partial charge in [-0.1, -0.05) is 13.8 Å². The predicted molar refractivity (Wildman–Crippen MR) is 89.0 cm³/mol. The van der Waals surface area contributed by atoms with Gasteiger partial charge in [-0.05, 0) is 38.2 Å². The third kappa shape index (κ3) is 4.41. The van der Waals surface area contributed by atoms with E-state index in [0.717, 1.165) is 5.56 Å². The quantitative estimate of drug-likeness (QED) is 0.820. The molecule has 1 aromatic heterocycles. The Bertz CT molecular complexity index is 662. The molecule has 2 heterocycles. The molecule has 0 radical (unpaired) electrons. The number of alkyl halides is 1. The van der Waals surface area contributed by atoms with Crippen LogP contribution in [0.4, 0.5) is 4.39 Å². The van der Waals surface area contributed by atoms with E-state index in [1.807, 2.05) is 18.7 Å². The number of halogens is 1. The zero-order valence-electron chi connectivity index (χ0n) is 14.8. The molecule has 0 saturated carbocycles. The van der Waals surface area contributed by atoms with Crippen LogP contribution >= 0.6 is 0 Å². The highest BCUT2D eigenvalue weighted by molar-refractivity contribution is 5.71. The lowest BCUT2D eigenvalue weighted by molar-refractivity contribution is -0.141. The Morgan fingerprint density at radius 1 is 1.46 bits per heavy atom. The molecule has 134 valence electrons. The van der Waals surface area contributed by atoms with Crippen LogP contribution in [0.1, 0.15) is 44.5 Å². The Balaban J connectivity index is 2.17. The second-order valence-corrected chi connectivity index (χ2v) is 7.40. The van der Waals surface area contributed by atoms with Crippen molar-refractivity contribution in [2.24, 2.45) is 5.92 Å². The smallest absolute Gasteiger partial charge is 0.348 e. The Morgan fingerprint density at radius 2 is 2.08 bits per heavy atom. The van der Waals surface area contributed by atoms with Crippen LogP contribution in [0.5, 0.6) is 0 Å². The van der Waals surface area contributed by atoms with Crippen molar-refractivity contribution in [3.8, 4) is 0 Å². The lowest BCUT2D eigenvalue weighted by Crippen LogP contribution is -2.57. The first kappa shape index (κ1) is 18.6. The van der Waals surface area contributed by atoms with E-state index in [1.54, 1.807) is 20.0 Å². The van der Waals surface area contributed by atoms with Gasteiger partial charge in [0.05, 0.1) is 0 Å². The third-order valence-corrected chi connectivity index (χ3v) is 4.36. The minimum Gasteiger partial charge on any atom is -0.480 e. The van der Waals surface area contributed by atoms with Crippen molar-refractivity contribution in [3.05, 3.63) is 27.9 Å². The lowest BCUT2D eigenvalue weighted by atomic mass is 9.98. The molecule has 24 heavy (non-hydrogen) atoms. The SMILES string of the molecule is Cc1nc(=O)n([C@@H](CC(C)C)C(=O)O)cc1CCN1CC(C)(F)C1. The zero-order chi connectivity index (χ0) is 18.1. The van der Waals surface area contributed by atoms with Gasteiger partial charge in [-0.15, -0.1) is 0 Å². The second kappa shape index (κ2) is 7.01. The average molecular weight is 339 g/mol. The van der Waals surface area contributed by atoms with Crippen molar-refractivity contribution in [2.45, 2.75) is 52.2 Å². The van der Waals surface area contributed by atoms with Crippen molar-refractivity contribution < 1.29 is 14.3 Å². The van der Waals surface area contributed by atoms with E-state index in [9.17, 15) is 19.1 Å². The predicted octanol–water partition coefficient (Wildman–Crippen LogP) is 1.81. The third-order valence-electron chi connectivity index (χ3n) is 4.36. The number of carboxylic acids is 1. The fraction of sp³-hybridized carbons (Fsp3) is 0.706. The summed E-state index contributed by atoms with van der Waals surface area (Å²) >= 11 is 0. The summed E-state index contributed by atoms with van der Waals surface area (Å²) in [5.74, 6) is -0.885. The summed E-state index contributed by atoms with van der Waals surface area (Å²) in [6.07, 6.45) is 2.59. The Hall–Kier alpha value is -1.76. The van der Waals surface area contributed by atoms with E-state index in [1.165, 1.54) is 4.57 Å². The van der Waals surface area contributed by atoms with Crippen molar-refractivity contribution in [1.82, 2.24) is 14.5 Å². The topological polar surface area (TPSA) is 75.4 Å². The van der Waals surface area contributed by atoms with Gasteiger partial charge in [-0.25, -0.2) is 14.0 Å². The summed E-state index contributed by atoms with van der Waals surface area (Å²) in [7, 11) is 0. The van der Waals surface area contributed by atoms with Crippen molar-refractivity contribution in [1.29, 1.82) is 0 Å². The normalized spacial score (nSPS) is 18.4. The number of hydrogen-bond acceptors (Lipinski definition) is 4. The Kier molecular flexibility index (Phi) is 5.42. The van der Waals surface area contributed by atoms with Gasteiger partial charge in [-0.2, -0.15) is 4.98 Å². The van der Waals surface area contributed by atoms with E-state index in [4.69, 9.17) is 0 Å². The molecule has 0 amide bonds. The van der Waals surface area contributed by atoms with Crippen LogP contribution in [0, 0.1) is 12.8 Å². The van der Waals surface area contributed by atoms with Gasteiger partial charge >= 0.3 is 11.7 Å². The van der Waals surface area contributed by atoms with Gasteiger partial charge in [0.1, 0.15) is 11.7 Å². The molecule has 1 saturated heterocycles. The number of aryl methyl sites for hydroxylation is 1. The van der Waals surface area contributed by atoms with Crippen LogP contribution in [-0.2, 0) is 11.2 Å². The van der Waals surface area contributed by atoms with Crippen LogP contribution in [0.2, 0.25) is 0 Å². The second-order valence-electron chi connectivity index (χ2n) is 7.40. The molecule has 1 N–H and O–H groups in total. The summed E-state index contributed by atoms with van der Waals surface area (Å²) in [6, 6.07) is -0.914. The first-order valence-corrected chi connectivity index (χ1v) is 8.32. The maximum Gasteiger partial charge on any atom is 0.348 e. The zero-order valence-corrected chi connectivity index (χ0v) is 14.8. The molecule has 0 bridgehead atoms. The minimum absolute atomic E-state index is 0.145. The van der Waals surface area contributed by atoms with Crippen LogP contribution in [0.15, 0.2) is 11.0 Å². The molecule has 7 heteroatoms. The molecule has 1 aliphatic heterocycles. The van der Waals surface area contributed by atoms with Crippen molar-refractivity contribution in [2.75, 3.05) is 19.6 Å². The first-order valence-electron chi connectivity index (χ1n) is 8.32. The highest BCUT2D eigenvalue weighted by atomic mass is 19.1. The van der Waals surface area contributed by atoms with E-state index in [-0.39, 0.29) is 5.92 Å². The summed E-state index contributed by atoms with van der Waals surface area (Å²) in [6.45, 7) is 8.65. The minimum atomic E-state index is -1.11. The highest BCUT2D eigenvalue weighted by Gasteiger charge is 2.38. The van der Waals surface area contributed by atoms with Crippen molar-refractivity contribution in [3.63, 3.8) is 0 Å². The number of carbonyl (C=O) groups is 1. The molecule has 1 aliphatic rings. The Morgan fingerprint density at radius 3 is 2.58 bits per heavy atom. The fourth-order valence-electron chi connectivity index (χ4n) is 3.16. The van der Waals surface area contributed by atoms with Crippen LogP contribution < -0.4 is 5.69 Å². The first-order chi connectivity index (χ1) is 11.1. The average Bonchev–Trinajstić information content (AvgIpc) is 2.41. The standard InChI is InChI=1S/C17H26FN3O3/c1-11(2)7-14(15(22)23)21-8-13(12(3)19-16(21)24)5-6-20-9-17(4,18)10-20/h8,11,14H,5-7,9-10H2,1-4H3,(H,22,23)/t14-/m0/s1. The lowest BCUT2D eigenvalue weighted by Gasteiger charge is -2.42. The molecule has 0 aromatic carbocycles. The molecular formula is C17H26FN3O3. The maximum atomic E-state index is 13.5. The van der Waals surface area contributed by atoms with E-state index < -0.39 is 23.4 Å². The molecular weight excluding hydrogens is 313 g/mol. The largest absolute Gasteiger partial charge is 0.480 e. The fourth-order valence-corrected chi connectivity index (χ4v) is 3.16. The molecule has 0 spiro atoms. The molecule has 1 aromatic rings. The summed E-state index contributed by atoms with van der Waals surface area (Å²) < 4.78 is 14.8. The summed E-state index contributed by atoms with van der Waals surface area (Å²) in [5, 5.41) is 9.45. The number of nitrogens with zero attached hydrogens (tertiary/aromatic N) is 3. The van der Waals surface area contributed by atoms with E-state index >= 15 is 0 Å². The van der Waals surface area contributed by atoms with Gasteiger partial charge < -0.3 is 5.11 Å². The van der Waals surface area contributed by atoms with E-state index in [0.29, 0.717) is 38.2 Å². The molecule has 1 fully saturated rings. The number of carboxylic acid groups (broad SMARTS) is 1. The number of rotatable bonds is 7. The molecule has 2 rings (SSSR count). The number of hydrogen-bond donors (Lipinski definition) is 1. The van der Waals surface area contributed by atoms with Crippen molar-refractivity contribution >= 4 is 5.97 Å². The van der Waals surface area contributed by atoms with E-state index in [2.05, 4.69) is 4.98 Å². The maximum absolute atomic E-state index is 13.5. The number of aliphatic carboxylic acids is 1. The number of likely N-dealkylation sites (tertiary alicyclic amines) is 1. The van der Waals surface area contributed by atoms with Gasteiger partial charge in [-0.3, -0.25) is 9.47 Å². The van der Waals surface area contributed by atoms with Gasteiger partial charge in [0.15, 0.2) is 0 Å². The van der Waals surface area contributed by atoms with Gasteiger partial charge in [0, 0.05) is 31.5 Å². The molecule has 0 unspecified atom stereocenters.